The smallest absolute Gasteiger partial charge is 0.227 e. The molecule has 1 atom stereocenters. The number of hydrogen-bond acceptors (Lipinski definition) is 3. The quantitative estimate of drug-likeness (QED) is 0.893. The number of likely N-dealkylation sites (tertiary alicyclic amines) is 1. The molecule has 1 aromatic carbocycles. The largest absolute Gasteiger partial charge is 0.359 e. The summed E-state index contributed by atoms with van der Waals surface area (Å²) in [5.74, 6) is 0.112. The summed E-state index contributed by atoms with van der Waals surface area (Å²) in [6.45, 7) is 4.49. The van der Waals surface area contributed by atoms with Crippen molar-refractivity contribution in [2.75, 3.05) is 20.1 Å². The van der Waals surface area contributed by atoms with Crippen molar-refractivity contribution in [1.29, 1.82) is 5.26 Å². The second kappa shape index (κ2) is 5.41. The van der Waals surface area contributed by atoms with Gasteiger partial charge in [-0.05, 0) is 37.6 Å². The van der Waals surface area contributed by atoms with Crippen LogP contribution in [0.25, 0.3) is 0 Å². The topological polar surface area (TPSA) is 56.1 Å². The summed E-state index contributed by atoms with van der Waals surface area (Å²) in [6.07, 6.45) is 0.880. The Labute approximate surface area is 114 Å². The van der Waals surface area contributed by atoms with Crippen molar-refractivity contribution in [3.8, 4) is 6.07 Å². The Kier molecular flexibility index (Phi) is 3.87. The third kappa shape index (κ3) is 2.94. The summed E-state index contributed by atoms with van der Waals surface area (Å²) < 4.78 is 0. The van der Waals surface area contributed by atoms with Gasteiger partial charge in [0.2, 0.25) is 5.91 Å². The van der Waals surface area contributed by atoms with E-state index in [9.17, 15) is 4.79 Å². The van der Waals surface area contributed by atoms with Crippen LogP contribution in [0.15, 0.2) is 24.3 Å². The molecule has 100 valence electrons. The van der Waals surface area contributed by atoms with Gasteiger partial charge in [-0.3, -0.25) is 9.69 Å². The van der Waals surface area contributed by atoms with Gasteiger partial charge in [-0.25, -0.2) is 0 Å². The second-order valence-corrected chi connectivity index (χ2v) is 5.41. The lowest BCUT2D eigenvalue weighted by Crippen LogP contribution is -2.39. The normalized spacial score (nSPS) is 23.0. The highest BCUT2D eigenvalue weighted by molar-refractivity contribution is 5.82. The average molecular weight is 257 g/mol. The van der Waals surface area contributed by atoms with E-state index in [2.05, 4.69) is 16.3 Å². The van der Waals surface area contributed by atoms with E-state index < -0.39 is 0 Å². The molecule has 1 heterocycles. The van der Waals surface area contributed by atoms with Crippen molar-refractivity contribution < 1.29 is 4.79 Å². The standard InChI is InChI=1S/C15H19N3O/c1-15(14(19)17-2)6-7-18(11-15)10-13-5-3-4-12(8-13)9-16/h3-5,8H,6-7,10-11H2,1-2H3,(H,17,19). The van der Waals surface area contributed by atoms with Crippen LogP contribution in [-0.2, 0) is 11.3 Å². The van der Waals surface area contributed by atoms with Crippen molar-refractivity contribution in [1.82, 2.24) is 10.2 Å². The van der Waals surface area contributed by atoms with Gasteiger partial charge < -0.3 is 5.32 Å². The van der Waals surface area contributed by atoms with Gasteiger partial charge in [-0.1, -0.05) is 12.1 Å². The Bertz CT molecular complexity index is 520. The number of carbonyl (C=O) groups is 1. The molecular weight excluding hydrogens is 238 g/mol. The first kappa shape index (κ1) is 13.6. The van der Waals surface area contributed by atoms with Gasteiger partial charge in [0, 0.05) is 20.1 Å². The zero-order valence-corrected chi connectivity index (χ0v) is 11.4. The SMILES string of the molecule is CNC(=O)C1(C)CCN(Cc2cccc(C#N)c2)C1. The number of benzene rings is 1. The maximum Gasteiger partial charge on any atom is 0.227 e. The van der Waals surface area contributed by atoms with Crippen LogP contribution < -0.4 is 5.32 Å². The van der Waals surface area contributed by atoms with Crippen LogP contribution in [0, 0.1) is 16.7 Å². The molecule has 0 aliphatic carbocycles. The maximum atomic E-state index is 11.9. The minimum Gasteiger partial charge on any atom is -0.359 e. The highest BCUT2D eigenvalue weighted by Crippen LogP contribution is 2.30. The van der Waals surface area contributed by atoms with E-state index in [-0.39, 0.29) is 11.3 Å². The van der Waals surface area contributed by atoms with E-state index in [1.165, 1.54) is 0 Å². The lowest BCUT2D eigenvalue weighted by atomic mass is 9.89. The molecule has 4 nitrogen and oxygen atoms in total. The molecule has 19 heavy (non-hydrogen) atoms. The second-order valence-electron chi connectivity index (χ2n) is 5.41. The van der Waals surface area contributed by atoms with Crippen LogP contribution in [0.4, 0.5) is 0 Å². The van der Waals surface area contributed by atoms with Crippen LogP contribution in [0.5, 0.6) is 0 Å². The fourth-order valence-electron chi connectivity index (χ4n) is 2.68. The molecule has 0 bridgehead atoms. The Balaban J connectivity index is 2.02. The highest BCUT2D eigenvalue weighted by atomic mass is 16.2. The van der Waals surface area contributed by atoms with E-state index in [1.807, 2.05) is 31.2 Å². The Morgan fingerprint density at radius 1 is 1.58 bits per heavy atom. The van der Waals surface area contributed by atoms with Crippen LogP contribution in [0.3, 0.4) is 0 Å². The molecule has 4 heteroatoms. The first-order chi connectivity index (χ1) is 9.07. The number of hydrogen-bond donors (Lipinski definition) is 1. The first-order valence-electron chi connectivity index (χ1n) is 6.51. The minimum absolute atomic E-state index is 0.112. The van der Waals surface area contributed by atoms with Gasteiger partial charge in [-0.15, -0.1) is 0 Å². The number of nitriles is 1. The minimum atomic E-state index is -0.290. The predicted octanol–water partition coefficient (Wildman–Crippen LogP) is 1.52. The van der Waals surface area contributed by atoms with Gasteiger partial charge >= 0.3 is 0 Å². The molecule has 0 radical (unpaired) electrons. The Morgan fingerprint density at radius 3 is 3.05 bits per heavy atom. The number of amides is 1. The molecular formula is C15H19N3O. The lowest BCUT2D eigenvalue weighted by Gasteiger charge is -2.22. The van der Waals surface area contributed by atoms with Gasteiger partial charge in [0.25, 0.3) is 0 Å². The van der Waals surface area contributed by atoms with E-state index in [0.717, 1.165) is 31.6 Å². The van der Waals surface area contributed by atoms with Gasteiger partial charge in [-0.2, -0.15) is 5.26 Å². The molecule has 0 aromatic heterocycles. The average Bonchev–Trinajstić information content (AvgIpc) is 2.80. The highest BCUT2D eigenvalue weighted by Gasteiger charge is 2.39. The monoisotopic (exact) mass is 257 g/mol. The van der Waals surface area contributed by atoms with Crippen LogP contribution in [0.1, 0.15) is 24.5 Å². The fraction of sp³-hybridized carbons (Fsp3) is 0.467. The molecule has 1 N–H and O–H groups in total. The zero-order chi connectivity index (χ0) is 13.9. The summed E-state index contributed by atoms with van der Waals surface area (Å²) in [7, 11) is 1.69. The molecule has 1 fully saturated rings. The van der Waals surface area contributed by atoms with Crippen molar-refractivity contribution in [3.63, 3.8) is 0 Å². The number of nitrogens with zero attached hydrogens (tertiary/aromatic N) is 2. The first-order valence-corrected chi connectivity index (χ1v) is 6.51. The summed E-state index contributed by atoms with van der Waals surface area (Å²) in [6, 6.07) is 9.80. The Morgan fingerprint density at radius 2 is 2.37 bits per heavy atom. The van der Waals surface area contributed by atoms with Crippen LogP contribution >= 0.6 is 0 Å². The summed E-state index contributed by atoms with van der Waals surface area (Å²) >= 11 is 0. The van der Waals surface area contributed by atoms with Crippen molar-refractivity contribution in [3.05, 3.63) is 35.4 Å². The van der Waals surface area contributed by atoms with Gasteiger partial charge in [0.1, 0.15) is 0 Å². The number of nitrogens with one attached hydrogen (secondary N) is 1. The van der Waals surface area contributed by atoms with Crippen LogP contribution in [-0.4, -0.2) is 30.9 Å². The van der Waals surface area contributed by atoms with E-state index in [1.54, 1.807) is 7.05 Å². The third-order valence-corrected chi connectivity index (χ3v) is 3.79. The van der Waals surface area contributed by atoms with Gasteiger partial charge in [0.05, 0.1) is 17.0 Å². The summed E-state index contributed by atoms with van der Waals surface area (Å²) in [4.78, 5) is 14.1. The van der Waals surface area contributed by atoms with E-state index in [0.29, 0.717) is 5.56 Å². The molecule has 2 rings (SSSR count). The number of carbonyl (C=O) groups excluding carboxylic acids is 1. The van der Waals surface area contributed by atoms with Crippen LogP contribution in [0.2, 0.25) is 0 Å². The molecule has 0 saturated carbocycles. The van der Waals surface area contributed by atoms with Crippen molar-refractivity contribution in [2.24, 2.45) is 5.41 Å². The van der Waals surface area contributed by atoms with E-state index >= 15 is 0 Å². The summed E-state index contributed by atoms with van der Waals surface area (Å²) in [5, 5.41) is 11.6. The molecule has 1 amide bonds. The molecule has 1 aromatic rings. The maximum absolute atomic E-state index is 11.9. The molecule has 1 aliphatic rings. The van der Waals surface area contributed by atoms with Crippen molar-refractivity contribution >= 4 is 5.91 Å². The molecule has 0 spiro atoms. The predicted molar refractivity (Wildman–Crippen MR) is 73.2 cm³/mol. The molecule has 1 saturated heterocycles. The number of rotatable bonds is 3. The van der Waals surface area contributed by atoms with Gasteiger partial charge in [0.15, 0.2) is 0 Å². The summed E-state index contributed by atoms with van der Waals surface area (Å²) in [5.41, 5.74) is 1.52. The zero-order valence-electron chi connectivity index (χ0n) is 11.4. The Hall–Kier alpha value is -1.86. The lowest BCUT2D eigenvalue weighted by molar-refractivity contribution is -0.129. The molecule has 1 unspecified atom stereocenters. The van der Waals surface area contributed by atoms with E-state index in [4.69, 9.17) is 5.26 Å². The third-order valence-electron chi connectivity index (χ3n) is 3.79. The molecule has 1 aliphatic heterocycles. The van der Waals surface area contributed by atoms with Crippen molar-refractivity contribution in [2.45, 2.75) is 19.9 Å². The fourth-order valence-corrected chi connectivity index (χ4v) is 2.68.